The Bertz CT molecular complexity index is 3020. The zero-order chi connectivity index (χ0) is 33.3. The quantitative estimate of drug-likeness (QED) is 0.172. The van der Waals surface area contributed by atoms with E-state index in [9.17, 15) is 0 Å². The second-order valence-electron chi connectivity index (χ2n) is 12.3. The van der Waals surface area contributed by atoms with E-state index in [1.807, 2.05) is 72.8 Å². The number of para-hydroxylation sites is 1. The summed E-state index contributed by atoms with van der Waals surface area (Å²) in [4.78, 5) is 19.7. The zero-order valence-electron chi connectivity index (χ0n) is 26.7. The fourth-order valence-corrected chi connectivity index (χ4v) is 8.35. The molecule has 0 amide bonds. The third kappa shape index (κ3) is 4.25. The first-order valence-electron chi connectivity index (χ1n) is 16.4. The van der Waals surface area contributed by atoms with E-state index in [0.717, 1.165) is 80.8 Å². The van der Waals surface area contributed by atoms with E-state index in [0.29, 0.717) is 17.5 Å². The molecule has 0 bridgehead atoms. The fourth-order valence-electron chi connectivity index (χ4n) is 7.29. The van der Waals surface area contributed by atoms with Crippen molar-refractivity contribution in [3.63, 3.8) is 0 Å². The third-order valence-electron chi connectivity index (χ3n) is 9.46. The minimum atomic E-state index is 0.542. The summed E-state index contributed by atoms with van der Waals surface area (Å²) in [6, 6.07) is 41.1. The molecule has 50 heavy (non-hydrogen) atoms. The number of rotatable bonds is 5. The summed E-state index contributed by atoms with van der Waals surface area (Å²) in [5.74, 6) is 1.71. The standard InChI is InChI=1S/C44H26N4OS/c1-3-29-30-17-7-8-18-31(30)39-38-32-19-12-20-33(41(32)49-35(38)24-36-40(39)37(29)25(2)50-36)44-47-42(26-13-5-4-6-14-26)46-43(48-44)28-16-11-15-27(23-28)34-21-9-10-22-45-34/h3-24H,1-2H2. The van der Waals surface area contributed by atoms with Crippen LogP contribution in [0.25, 0.3) is 112 Å². The molecule has 0 atom stereocenters. The summed E-state index contributed by atoms with van der Waals surface area (Å²) in [6.45, 7) is 8.64. The Morgan fingerprint density at radius 2 is 1.28 bits per heavy atom. The maximum absolute atomic E-state index is 6.85. The molecule has 0 spiro atoms. The zero-order valence-corrected chi connectivity index (χ0v) is 27.5. The molecule has 10 rings (SSSR count). The van der Waals surface area contributed by atoms with Crippen molar-refractivity contribution in [2.45, 2.75) is 0 Å². The maximum atomic E-state index is 6.85. The lowest BCUT2D eigenvalue weighted by Crippen LogP contribution is -2.00. The van der Waals surface area contributed by atoms with Gasteiger partial charge in [0.2, 0.25) is 0 Å². The molecule has 0 saturated heterocycles. The molecule has 0 unspecified atom stereocenters. The number of fused-ring (bicyclic) bond motifs is 6. The van der Waals surface area contributed by atoms with Crippen molar-refractivity contribution in [3.05, 3.63) is 144 Å². The van der Waals surface area contributed by atoms with Crippen LogP contribution in [0.5, 0.6) is 0 Å². The van der Waals surface area contributed by atoms with Crippen molar-refractivity contribution in [2.75, 3.05) is 0 Å². The molecule has 0 aliphatic carbocycles. The van der Waals surface area contributed by atoms with Gasteiger partial charge in [-0.25, -0.2) is 15.0 Å². The lowest BCUT2D eigenvalue weighted by atomic mass is 9.91. The molecule has 4 heterocycles. The SMILES string of the molecule is C=Cc1c2ccccc2c2c3c(cc4oc5c(-c6nc(-c7ccccc7)nc(-c7cccc(-c8ccccn8)c7)n6)cccc5c42)sc(=C)c13. The smallest absolute Gasteiger partial charge is 0.167 e. The van der Waals surface area contributed by atoms with E-state index in [2.05, 4.69) is 72.7 Å². The summed E-state index contributed by atoms with van der Waals surface area (Å²) in [5, 5.41) is 7.93. The molecule has 6 aromatic carbocycles. The molecule has 4 aromatic heterocycles. The molecule has 0 aliphatic heterocycles. The topological polar surface area (TPSA) is 64.7 Å². The minimum Gasteiger partial charge on any atom is -0.455 e. The highest BCUT2D eigenvalue weighted by Gasteiger charge is 2.23. The van der Waals surface area contributed by atoms with E-state index in [1.54, 1.807) is 17.5 Å². The Balaban J connectivity index is 1.26. The number of nitrogens with zero attached hydrogens (tertiary/aromatic N) is 4. The predicted octanol–water partition coefficient (Wildman–Crippen LogP) is 11.1. The van der Waals surface area contributed by atoms with E-state index >= 15 is 0 Å². The fraction of sp³-hybridized carbons (Fsp3) is 0. The van der Waals surface area contributed by atoms with Crippen molar-refractivity contribution in [1.82, 2.24) is 19.9 Å². The number of aromatic nitrogens is 4. The minimum absolute atomic E-state index is 0.542. The molecule has 6 heteroatoms. The summed E-state index contributed by atoms with van der Waals surface area (Å²) in [6.07, 6.45) is 3.76. The van der Waals surface area contributed by atoms with Crippen LogP contribution in [-0.2, 0) is 0 Å². The molecule has 10 aromatic rings. The third-order valence-corrected chi connectivity index (χ3v) is 10.5. The summed E-state index contributed by atoms with van der Waals surface area (Å²) < 4.78 is 9.02. The van der Waals surface area contributed by atoms with Gasteiger partial charge in [0.1, 0.15) is 11.2 Å². The second kappa shape index (κ2) is 11.0. The summed E-state index contributed by atoms with van der Waals surface area (Å²) in [7, 11) is 0. The van der Waals surface area contributed by atoms with Crippen LogP contribution in [0.4, 0.5) is 0 Å². The van der Waals surface area contributed by atoms with Crippen LogP contribution < -0.4 is 4.53 Å². The summed E-state index contributed by atoms with van der Waals surface area (Å²) in [5.41, 5.74) is 7.13. The van der Waals surface area contributed by atoms with Gasteiger partial charge in [0.15, 0.2) is 17.5 Å². The van der Waals surface area contributed by atoms with Crippen LogP contribution in [0.3, 0.4) is 0 Å². The number of benzene rings is 6. The first-order valence-corrected chi connectivity index (χ1v) is 17.2. The first-order chi connectivity index (χ1) is 24.7. The molecule has 0 fully saturated rings. The second-order valence-corrected chi connectivity index (χ2v) is 13.5. The average Bonchev–Trinajstić information content (AvgIpc) is 3.72. The molecular formula is C44H26N4OS. The van der Waals surface area contributed by atoms with Crippen LogP contribution >= 0.6 is 11.3 Å². The maximum Gasteiger partial charge on any atom is 0.167 e. The number of hydrogen-bond donors (Lipinski definition) is 0. The number of pyridine rings is 1. The number of furan rings is 1. The van der Waals surface area contributed by atoms with Gasteiger partial charge < -0.3 is 4.42 Å². The van der Waals surface area contributed by atoms with Crippen molar-refractivity contribution < 1.29 is 4.42 Å². The van der Waals surface area contributed by atoms with Gasteiger partial charge in [-0.15, -0.1) is 11.3 Å². The van der Waals surface area contributed by atoms with Crippen LogP contribution in [0, 0.1) is 0 Å². The van der Waals surface area contributed by atoms with Crippen LogP contribution in [0.15, 0.2) is 139 Å². The Kier molecular flexibility index (Phi) is 6.28. The Hall–Kier alpha value is -6.50. The van der Waals surface area contributed by atoms with Crippen molar-refractivity contribution >= 4 is 77.6 Å². The highest BCUT2D eigenvalue weighted by atomic mass is 32.1. The first kappa shape index (κ1) is 28.5. The Labute approximate surface area is 290 Å². The van der Waals surface area contributed by atoms with E-state index < -0.39 is 0 Å². The highest BCUT2D eigenvalue weighted by molar-refractivity contribution is 7.18. The molecule has 0 radical (unpaired) electrons. The number of hydrogen-bond acceptors (Lipinski definition) is 6. The molecular weight excluding hydrogens is 633 g/mol. The van der Waals surface area contributed by atoms with Crippen molar-refractivity contribution in [1.29, 1.82) is 0 Å². The van der Waals surface area contributed by atoms with E-state index in [4.69, 9.17) is 19.4 Å². The largest absolute Gasteiger partial charge is 0.455 e. The van der Waals surface area contributed by atoms with Crippen molar-refractivity contribution in [2.24, 2.45) is 0 Å². The van der Waals surface area contributed by atoms with E-state index in [1.165, 1.54) is 10.8 Å². The highest BCUT2D eigenvalue weighted by Crippen LogP contribution is 2.46. The predicted molar refractivity (Wildman–Crippen MR) is 208 cm³/mol. The average molecular weight is 659 g/mol. The molecule has 0 saturated carbocycles. The van der Waals surface area contributed by atoms with Gasteiger partial charge in [-0.05, 0) is 46.7 Å². The van der Waals surface area contributed by atoms with Crippen LogP contribution in [0.2, 0.25) is 0 Å². The lowest BCUT2D eigenvalue weighted by molar-refractivity contribution is 0.670. The Morgan fingerprint density at radius 3 is 2.10 bits per heavy atom. The molecule has 5 nitrogen and oxygen atoms in total. The van der Waals surface area contributed by atoms with Gasteiger partial charge in [-0.2, -0.15) is 0 Å². The van der Waals surface area contributed by atoms with Gasteiger partial charge in [-0.1, -0.05) is 110 Å². The normalized spacial score (nSPS) is 11.8. The molecule has 0 N–H and O–H groups in total. The van der Waals surface area contributed by atoms with Crippen LogP contribution in [0.1, 0.15) is 5.56 Å². The lowest BCUT2D eigenvalue weighted by Gasteiger charge is -2.11. The number of thiophene rings is 1. The monoisotopic (exact) mass is 658 g/mol. The van der Waals surface area contributed by atoms with Gasteiger partial charge in [0.05, 0.1) is 11.3 Å². The Morgan fingerprint density at radius 1 is 0.580 bits per heavy atom. The van der Waals surface area contributed by atoms with Gasteiger partial charge in [0.25, 0.3) is 0 Å². The van der Waals surface area contributed by atoms with Crippen LogP contribution in [-0.4, -0.2) is 19.9 Å². The van der Waals surface area contributed by atoms with Crippen molar-refractivity contribution in [3.8, 4) is 45.4 Å². The van der Waals surface area contributed by atoms with Gasteiger partial charge >= 0.3 is 0 Å². The molecule has 0 aliphatic rings. The van der Waals surface area contributed by atoms with Gasteiger partial charge in [-0.3, -0.25) is 4.98 Å². The molecule has 234 valence electrons. The van der Waals surface area contributed by atoms with Gasteiger partial charge in [0, 0.05) is 59.1 Å². The summed E-state index contributed by atoms with van der Waals surface area (Å²) >= 11 is 1.69. The van der Waals surface area contributed by atoms with E-state index in [-0.39, 0.29) is 0 Å².